The quantitative estimate of drug-likeness (QED) is 0.516. The summed E-state index contributed by atoms with van der Waals surface area (Å²) in [5.74, 6) is 0. The zero-order chi connectivity index (χ0) is 8.74. The number of alkyl halides is 3. The summed E-state index contributed by atoms with van der Waals surface area (Å²) < 4.78 is 11.9. The van der Waals surface area contributed by atoms with E-state index in [0.717, 1.165) is 34.5 Å². The Morgan fingerprint density at radius 3 is 1.27 bits per heavy atom. The van der Waals surface area contributed by atoms with Crippen LogP contribution in [0.2, 0.25) is 0 Å². The van der Waals surface area contributed by atoms with Crippen LogP contribution in [-0.4, -0.2) is 34.5 Å². The molecule has 0 aliphatic rings. The molecule has 0 heterocycles. The second-order valence-electron chi connectivity index (χ2n) is 2.30. The van der Waals surface area contributed by atoms with Crippen LogP contribution in [0.1, 0.15) is 0 Å². The van der Waals surface area contributed by atoms with Gasteiger partial charge >= 0.3 is 0 Å². The summed E-state index contributed by atoms with van der Waals surface area (Å²) in [5, 5.41) is 2.55. The van der Waals surface area contributed by atoms with Crippen molar-refractivity contribution in [2.24, 2.45) is 0 Å². The molecule has 0 bridgehead atoms. The molecule has 0 aromatic heterocycles. The average Bonchev–Trinajstić information content (AvgIpc) is 1.88. The first-order valence-electron chi connectivity index (χ1n) is 3.43. The van der Waals surface area contributed by atoms with Gasteiger partial charge in [0.2, 0.25) is 0 Å². The molecule has 0 aliphatic carbocycles. The van der Waals surface area contributed by atoms with E-state index in [1.54, 1.807) is 0 Å². The molecule has 0 atom stereocenters. The minimum atomic E-state index is -1.86. The summed E-state index contributed by atoms with van der Waals surface area (Å²) in [5.41, 5.74) is 0. The van der Waals surface area contributed by atoms with Crippen LogP contribution >= 0.6 is 54.9 Å². The van der Waals surface area contributed by atoms with E-state index in [4.69, 9.17) is 0 Å². The van der Waals surface area contributed by atoms with Crippen molar-refractivity contribution in [3.8, 4) is 0 Å². The molecule has 11 heavy (non-hydrogen) atoms. The lowest BCUT2D eigenvalue weighted by Gasteiger charge is -2.13. The lowest BCUT2D eigenvalue weighted by atomic mass is 10.9. The fourth-order valence-electron chi connectivity index (χ4n) is 0.797. The highest BCUT2D eigenvalue weighted by atomic mass is 79.9. The molecule has 0 unspecified atom stereocenters. The van der Waals surface area contributed by atoms with Crippen LogP contribution in [0, 0.1) is 0 Å². The molecule has 1 nitrogen and oxygen atoms in total. The fraction of sp³-hybridized carbons (Fsp3) is 1.00. The van der Waals surface area contributed by atoms with E-state index in [-0.39, 0.29) is 0 Å². The predicted octanol–water partition coefficient (Wildman–Crippen LogP) is 3.53. The molecule has 0 aromatic rings. The van der Waals surface area contributed by atoms with Gasteiger partial charge in [-0.05, 0) is 0 Å². The van der Waals surface area contributed by atoms with E-state index >= 15 is 0 Å². The second-order valence-corrected chi connectivity index (χ2v) is 8.13. The topological polar surface area (TPSA) is 17.1 Å². The zero-order valence-electron chi connectivity index (χ0n) is 6.23. The summed E-state index contributed by atoms with van der Waals surface area (Å²) in [6, 6.07) is 0. The molecule has 0 radical (unpaired) electrons. The van der Waals surface area contributed by atoms with Crippen molar-refractivity contribution in [2.75, 3.05) is 34.5 Å². The molecule has 5 heteroatoms. The van der Waals surface area contributed by atoms with E-state index in [1.807, 2.05) is 0 Å². The van der Waals surface area contributed by atoms with Crippen molar-refractivity contribution in [2.45, 2.75) is 0 Å². The predicted molar refractivity (Wildman–Crippen MR) is 63.6 cm³/mol. The van der Waals surface area contributed by atoms with E-state index in [9.17, 15) is 4.57 Å². The average molecular weight is 371 g/mol. The third-order valence-corrected chi connectivity index (χ3v) is 7.62. The first-order valence-corrected chi connectivity index (χ1v) is 9.06. The van der Waals surface area contributed by atoms with Gasteiger partial charge in [-0.25, -0.2) is 0 Å². The van der Waals surface area contributed by atoms with Gasteiger partial charge in [-0.2, -0.15) is 0 Å². The number of halogens is 3. The highest BCUT2D eigenvalue weighted by Crippen LogP contribution is 2.45. The highest BCUT2D eigenvalue weighted by molar-refractivity contribution is 9.09. The van der Waals surface area contributed by atoms with Crippen molar-refractivity contribution in [1.82, 2.24) is 0 Å². The van der Waals surface area contributed by atoms with Gasteiger partial charge in [-0.3, -0.25) is 0 Å². The van der Waals surface area contributed by atoms with E-state index in [1.165, 1.54) is 0 Å². The zero-order valence-corrected chi connectivity index (χ0v) is 11.9. The number of hydrogen-bond acceptors (Lipinski definition) is 1. The maximum Gasteiger partial charge on any atom is 0.0902 e. The smallest absolute Gasteiger partial charge is 0.0902 e. The molecule has 0 saturated heterocycles. The Kier molecular flexibility index (Phi) is 8.19. The van der Waals surface area contributed by atoms with Gasteiger partial charge in [0.25, 0.3) is 0 Å². The molecular weight excluding hydrogens is 359 g/mol. The monoisotopic (exact) mass is 368 g/mol. The lowest BCUT2D eigenvalue weighted by Crippen LogP contribution is -2.02. The molecule has 68 valence electrons. The van der Waals surface area contributed by atoms with E-state index < -0.39 is 7.14 Å². The van der Waals surface area contributed by atoms with Crippen LogP contribution in [-0.2, 0) is 4.57 Å². The van der Waals surface area contributed by atoms with Crippen LogP contribution in [0.4, 0.5) is 0 Å². The summed E-state index contributed by atoms with van der Waals surface area (Å²) in [6.07, 6.45) is 2.47. The fourth-order valence-corrected chi connectivity index (χ4v) is 8.21. The standard InChI is InChI=1S/C6H12Br3OP/c7-1-4-11(10,5-2-8)6-3-9/h1-6H2. The highest BCUT2D eigenvalue weighted by Gasteiger charge is 2.18. The van der Waals surface area contributed by atoms with Crippen LogP contribution < -0.4 is 0 Å². The molecule has 0 aliphatic heterocycles. The normalized spacial score (nSPS) is 11.9. The molecule has 0 saturated carbocycles. The SMILES string of the molecule is O=P(CCBr)(CCBr)CCBr. The largest absolute Gasteiger partial charge is 0.323 e. The minimum Gasteiger partial charge on any atom is -0.323 e. The van der Waals surface area contributed by atoms with Gasteiger partial charge in [0.05, 0.1) is 7.14 Å². The van der Waals surface area contributed by atoms with E-state index in [2.05, 4.69) is 47.8 Å². The van der Waals surface area contributed by atoms with Gasteiger partial charge in [0.1, 0.15) is 0 Å². The summed E-state index contributed by atoms with van der Waals surface area (Å²) >= 11 is 9.97. The molecule has 0 fully saturated rings. The van der Waals surface area contributed by atoms with Gasteiger partial charge in [0, 0.05) is 34.5 Å². The number of rotatable bonds is 6. The van der Waals surface area contributed by atoms with E-state index in [0.29, 0.717) is 0 Å². The maximum absolute atomic E-state index is 11.9. The number of hydrogen-bond donors (Lipinski definition) is 0. The molecule has 0 rings (SSSR count). The van der Waals surface area contributed by atoms with Crippen molar-refractivity contribution >= 4 is 54.9 Å². The Bertz CT molecular complexity index is 116. The Morgan fingerprint density at radius 1 is 0.818 bits per heavy atom. The molecular formula is C6H12Br3OP. The second kappa shape index (κ2) is 7.11. The summed E-state index contributed by atoms with van der Waals surface area (Å²) in [4.78, 5) is 0. The minimum absolute atomic E-state index is 0.824. The van der Waals surface area contributed by atoms with Gasteiger partial charge < -0.3 is 4.57 Å². The Hall–Kier alpha value is 1.67. The van der Waals surface area contributed by atoms with Gasteiger partial charge in [0.15, 0.2) is 0 Å². The third-order valence-electron chi connectivity index (χ3n) is 1.48. The maximum atomic E-state index is 11.9. The third kappa shape index (κ3) is 5.84. The lowest BCUT2D eigenvalue weighted by molar-refractivity contribution is 0.577. The Labute approximate surface area is 93.5 Å². The summed E-state index contributed by atoms with van der Waals surface area (Å²) in [6.45, 7) is 0. The molecule has 0 N–H and O–H groups in total. The first-order chi connectivity index (χ1) is 5.18. The molecule has 0 spiro atoms. The first kappa shape index (κ1) is 12.7. The van der Waals surface area contributed by atoms with Crippen LogP contribution in [0.5, 0.6) is 0 Å². The van der Waals surface area contributed by atoms with Gasteiger partial charge in [-0.1, -0.05) is 47.8 Å². The van der Waals surface area contributed by atoms with Crippen LogP contribution in [0.3, 0.4) is 0 Å². The Balaban J connectivity index is 3.91. The van der Waals surface area contributed by atoms with Gasteiger partial charge in [-0.15, -0.1) is 0 Å². The van der Waals surface area contributed by atoms with Crippen molar-refractivity contribution in [3.05, 3.63) is 0 Å². The molecule has 0 aromatic carbocycles. The van der Waals surface area contributed by atoms with Crippen molar-refractivity contribution in [1.29, 1.82) is 0 Å². The van der Waals surface area contributed by atoms with Crippen LogP contribution in [0.25, 0.3) is 0 Å². The van der Waals surface area contributed by atoms with Crippen molar-refractivity contribution < 1.29 is 4.57 Å². The Morgan fingerprint density at radius 2 is 1.09 bits per heavy atom. The summed E-state index contributed by atoms with van der Waals surface area (Å²) in [7, 11) is -1.86. The van der Waals surface area contributed by atoms with Crippen LogP contribution in [0.15, 0.2) is 0 Å². The van der Waals surface area contributed by atoms with Crippen molar-refractivity contribution in [3.63, 3.8) is 0 Å². The molecule has 0 amide bonds.